The number of anilines is 1. The third kappa shape index (κ3) is 3.81. The van der Waals surface area contributed by atoms with Gasteiger partial charge in [0.15, 0.2) is 0 Å². The van der Waals surface area contributed by atoms with Crippen LogP contribution in [0.1, 0.15) is 28.8 Å². The quantitative estimate of drug-likeness (QED) is 0.631. The number of aromatic nitrogens is 2. The summed E-state index contributed by atoms with van der Waals surface area (Å²) in [6.45, 7) is 0.679. The van der Waals surface area contributed by atoms with E-state index in [-0.39, 0.29) is 18.0 Å². The molecule has 1 saturated heterocycles. The van der Waals surface area contributed by atoms with Crippen LogP contribution in [-0.4, -0.2) is 39.4 Å². The SMILES string of the molecule is O=C(c1ccccc1-c1ccccn1)N1C[C@H]2C[C@@H](Nc3ccc(C(F)(F)F)cn3)[C@@H]1C2. The molecule has 3 heterocycles. The summed E-state index contributed by atoms with van der Waals surface area (Å²) >= 11 is 0. The second kappa shape index (κ2) is 7.93. The summed E-state index contributed by atoms with van der Waals surface area (Å²) in [5.41, 5.74) is 1.35. The van der Waals surface area contributed by atoms with Gasteiger partial charge in [0.1, 0.15) is 5.82 Å². The molecule has 1 saturated carbocycles. The average molecular weight is 438 g/mol. The van der Waals surface area contributed by atoms with E-state index in [1.54, 1.807) is 6.20 Å². The zero-order valence-electron chi connectivity index (χ0n) is 17.1. The lowest BCUT2D eigenvalue weighted by atomic mass is 10.00. The number of halogens is 3. The van der Waals surface area contributed by atoms with E-state index in [0.29, 0.717) is 23.8 Å². The minimum atomic E-state index is -4.41. The molecular weight excluding hydrogens is 417 g/mol. The van der Waals surface area contributed by atoms with Gasteiger partial charge in [-0.3, -0.25) is 9.78 Å². The summed E-state index contributed by atoms with van der Waals surface area (Å²) in [5.74, 6) is 0.695. The predicted molar refractivity (Wildman–Crippen MR) is 114 cm³/mol. The fourth-order valence-electron chi connectivity index (χ4n) is 4.82. The number of alkyl halides is 3. The minimum Gasteiger partial charge on any atom is -0.365 e. The monoisotopic (exact) mass is 438 g/mol. The van der Waals surface area contributed by atoms with Gasteiger partial charge in [-0.1, -0.05) is 24.3 Å². The first-order chi connectivity index (χ1) is 15.4. The number of hydrogen-bond donors (Lipinski definition) is 1. The van der Waals surface area contributed by atoms with Gasteiger partial charge in [-0.05, 0) is 49.1 Å². The Bertz CT molecular complexity index is 1120. The smallest absolute Gasteiger partial charge is 0.365 e. The molecule has 2 aromatic heterocycles. The van der Waals surface area contributed by atoms with Crippen molar-refractivity contribution >= 4 is 11.7 Å². The molecule has 0 radical (unpaired) electrons. The number of carbonyl (C=O) groups is 1. The molecule has 32 heavy (non-hydrogen) atoms. The van der Waals surface area contributed by atoms with Crippen molar-refractivity contribution in [3.63, 3.8) is 0 Å². The molecule has 1 amide bonds. The summed E-state index contributed by atoms with van der Waals surface area (Å²) in [6.07, 6.45) is -0.149. The summed E-state index contributed by atoms with van der Waals surface area (Å²) in [7, 11) is 0. The van der Waals surface area contributed by atoms with Gasteiger partial charge in [-0.25, -0.2) is 4.98 Å². The Hall–Kier alpha value is -3.42. The number of rotatable bonds is 4. The standard InChI is InChI=1S/C24H21F3N4O/c25-24(26,27)16-8-9-22(29-13-16)30-20-11-15-12-21(20)31(14-15)23(32)18-6-2-1-5-17(18)19-7-3-4-10-28-19/h1-10,13,15,20-21H,11-12,14H2,(H,29,30)/t15-,20+,21-/m0/s1. The Kier molecular flexibility index (Phi) is 5.07. The molecule has 3 atom stereocenters. The summed E-state index contributed by atoms with van der Waals surface area (Å²) in [6, 6.07) is 15.3. The molecule has 2 bridgehead atoms. The van der Waals surface area contributed by atoms with E-state index in [2.05, 4.69) is 15.3 Å². The van der Waals surface area contributed by atoms with Gasteiger partial charge in [0, 0.05) is 36.1 Å². The molecule has 2 aliphatic rings. The molecule has 1 aliphatic heterocycles. The van der Waals surface area contributed by atoms with E-state index in [4.69, 9.17) is 0 Å². The molecule has 3 aromatic rings. The number of fused-ring (bicyclic) bond motifs is 2. The Morgan fingerprint density at radius 2 is 1.81 bits per heavy atom. The summed E-state index contributed by atoms with van der Waals surface area (Å²) in [5, 5.41) is 3.25. The molecule has 5 rings (SSSR count). The lowest BCUT2D eigenvalue weighted by molar-refractivity contribution is -0.137. The van der Waals surface area contributed by atoms with Crippen molar-refractivity contribution in [1.29, 1.82) is 0 Å². The largest absolute Gasteiger partial charge is 0.417 e. The van der Waals surface area contributed by atoms with Gasteiger partial charge in [0.25, 0.3) is 5.91 Å². The normalized spacial score (nSPS) is 22.2. The van der Waals surface area contributed by atoms with Crippen LogP contribution in [0.3, 0.4) is 0 Å². The third-order valence-corrected chi connectivity index (χ3v) is 6.27. The number of pyridine rings is 2. The maximum atomic E-state index is 13.5. The van der Waals surface area contributed by atoms with Crippen LogP contribution in [0.2, 0.25) is 0 Å². The Morgan fingerprint density at radius 3 is 2.50 bits per heavy atom. The van der Waals surface area contributed by atoms with Gasteiger partial charge in [-0.15, -0.1) is 0 Å². The van der Waals surface area contributed by atoms with E-state index in [1.165, 1.54) is 6.07 Å². The first kappa shape index (κ1) is 20.5. The predicted octanol–water partition coefficient (Wildman–Crippen LogP) is 4.88. The molecule has 8 heteroatoms. The highest BCUT2D eigenvalue weighted by Crippen LogP contribution is 2.40. The van der Waals surface area contributed by atoms with Crippen molar-refractivity contribution in [3.8, 4) is 11.3 Å². The van der Waals surface area contributed by atoms with Crippen LogP contribution in [0.25, 0.3) is 11.3 Å². The zero-order valence-corrected chi connectivity index (χ0v) is 17.1. The number of amides is 1. The van der Waals surface area contributed by atoms with Crippen LogP contribution < -0.4 is 5.32 Å². The van der Waals surface area contributed by atoms with Crippen molar-refractivity contribution < 1.29 is 18.0 Å². The van der Waals surface area contributed by atoms with E-state index < -0.39 is 11.7 Å². The number of likely N-dealkylation sites (tertiary alicyclic amines) is 1. The average Bonchev–Trinajstić information content (AvgIpc) is 3.40. The molecule has 0 unspecified atom stereocenters. The van der Waals surface area contributed by atoms with Crippen molar-refractivity contribution in [1.82, 2.24) is 14.9 Å². The Morgan fingerprint density at radius 1 is 1.00 bits per heavy atom. The second-order valence-electron chi connectivity index (χ2n) is 8.30. The van der Waals surface area contributed by atoms with Gasteiger partial charge < -0.3 is 10.2 Å². The maximum Gasteiger partial charge on any atom is 0.417 e. The van der Waals surface area contributed by atoms with Crippen molar-refractivity contribution in [2.45, 2.75) is 31.1 Å². The van der Waals surface area contributed by atoms with Crippen LogP contribution in [0.5, 0.6) is 0 Å². The topological polar surface area (TPSA) is 58.1 Å². The fourth-order valence-corrected chi connectivity index (χ4v) is 4.82. The van der Waals surface area contributed by atoms with E-state index in [9.17, 15) is 18.0 Å². The van der Waals surface area contributed by atoms with Gasteiger partial charge in [0.05, 0.1) is 17.3 Å². The van der Waals surface area contributed by atoms with Crippen molar-refractivity contribution in [2.75, 3.05) is 11.9 Å². The first-order valence-electron chi connectivity index (χ1n) is 10.5. The van der Waals surface area contributed by atoms with E-state index >= 15 is 0 Å². The number of nitrogens with zero attached hydrogens (tertiary/aromatic N) is 3. The molecule has 164 valence electrons. The van der Waals surface area contributed by atoms with Crippen molar-refractivity contribution in [3.05, 3.63) is 78.1 Å². The third-order valence-electron chi connectivity index (χ3n) is 6.27. The molecule has 1 aromatic carbocycles. The lowest BCUT2D eigenvalue weighted by Gasteiger charge is -2.34. The minimum absolute atomic E-state index is 0.0339. The van der Waals surface area contributed by atoms with Gasteiger partial charge in [-0.2, -0.15) is 13.2 Å². The van der Waals surface area contributed by atoms with Crippen LogP contribution in [0, 0.1) is 5.92 Å². The van der Waals surface area contributed by atoms with E-state index in [0.717, 1.165) is 36.4 Å². The second-order valence-corrected chi connectivity index (χ2v) is 8.30. The number of hydrogen-bond acceptors (Lipinski definition) is 4. The zero-order chi connectivity index (χ0) is 22.3. The molecule has 1 aliphatic carbocycles. The lowest BCUT2D eigenvalue weighted by Crippen LogP contribution is -2.47. The molecular formula is C24H21F3N4O. The van der Waals surface area contributed by atoms with Crippen LogP contribution >= 0.6 is 0 Å². The highest BCUT2D eigenvalue weighted by Gasteiger charge is 2.47. The number of benzene rings is 1. The number of piperidine rings is 1. The fraction of sp³-hybridized carbons (Fsp3) is 0.292. The molecule has 1 N–H and O–H groups in total. The molecule has 0 spiro atoms. The van der Waals surface area contributed by atoms with Crippen LogP contribution in [-0.2, 0) is 6.18 Å². The first-order valence-corrected chi connectivity index (χ1v) is 10.5. The highest BCUT2D eigenvalue weighted by molar-refractivity contribution is 6.01. The van der Waals surface area contributed by atoms with Crippen molar-refractivity contribution in [2.24, 2.45) is 5.92 Å². The van der Waals surface area contributed by atoms with Crippen LogP contribution in [0.15, 0.2) is 67.0 Å². The van der Waals surface area contributed by atoms with Gasteiger partial charge in [0.2, 0.25) is 0 Å². The molecule has 2 fully saturated rings. The summed E-state index contributed by atoms with van der Waals surface area (Å²) < 4.78 is 38.4. The molecule has 5 nitrogen and oxygen atoms in total. The highest BCUT2D eigenvalue weighted by atomic mass is 19.4. The summed E-state index contributed by atoms with van der Waals surface area (Å²) in [4.78, 5) is 23.7. The number of nitrogens with one attached hydrogen (secondary N) is 1. The number of carbonyl (C=O) groups excluding carboxylic acids is 1. The van der Waals surface area contributed by atoms with Crippen LogP contribution in [0.4, 0.5) is 19.0 Å². The Labute approximate surface area is 183 Å². The maximum absolute atomic E-state index is 13.5. The van der Waals surface area contributed by atoms with Gasteiger partial charge >= 0.3 is 6.18 Å². The van der Waals surface area contributed by atoms with E-state index in [1.807, 2.05) is 47.4 Å². The Balaban J connectivity index is 1.35.